The Kier molecular flexibility index (Phi) is 2.69. The second-order valence-corrected chi connectivity index (χ2v) is 2.93. The number of para-hydroxylation sites is 2. The molecule has 0 aromatic heterocycles. The number of nitrogen functional groups attached to an aromatic ring is 1. The van der Waals surface area contributed by atoms with Gasteiger partial charge in [0.1, 0.15) is 0 Å². The number of carbonyl (C=O) groups excluding carboxylic acids is 1. The van der Waals surface area contributed by atoms with Gasteiger partial charge in [0.2, 0.25) is 0 Å². The van der Waals surface area contributed by atoms with Crippen molar-refractivity contribution in [3.8, 4) is 0 Å². The van der Waals surface area contributed by atoms with Gasteiger partial charge in [0.15, 0.2) is 0 Å². The van der Waals surface area contributed by atoms with Gasteiger partial charge in [-0.3, -0.25) is 4.79 Å². The van der Waals surface area contributed by atoms with Crippen LogP contribution < -0.4 is 11.1 Å². The van der Waals surface area contributed by atoms with Crippen LogP contribution in [-0.4, -0.2) is 11.8 Å². The van der Waals surface area contributed by atoms with E-state index in [9.17, 15) is 13.6 Å². The van der Waals surface area contributed by atoms with Gasteiger partial charge in [0.25, 0.3) is 5.91 Å². The van der Waals surface area contributed by atoms with Crippen LogP contribution in [0.25, 0.3) is 0 Å². The normalized spacial score (nSPS) is 11.1. The number of benzene rings is 1. The van der Waals surface area contributed by atoms with E-state index in [1.54, 1.807) is 12.1 Å². The molecule has 0 unspecified atom stereocenters. The molecule has 0 aliphatic heterocycles. The molecule has 1 aromatic rings. The van der Waals surface area contributed by atoms with Crippen LogP contribution in [0.4, 0.5) is 20.2 Å². The molecule has 0 spiro atoms. The quantitative estimate of drug-likeness (QED) is 0.716. The van der Waals surface area contributed by atoms with Crippen molar-refractivity contribution in [1.29, 1.82) is 0 Å². The highest BCUT2D eigenvalue weighted by Gasteiger charge is 2.32. The van der Waals surface area contributed by atoms with E-state index in [1.165, 1.54) is 12.1 Å². The van der Waals surface area contributed by atoms with Crippen LogP contribution in [0.15, 0.2) is 24.3 Å². The molecule has 0 radical (unpaired) electrons. The van der Waals surface area contributed by atoms with Crippen molar-refractivity contribution in [2.24, 2.45) is 0 Å². The average molecular weight is 200 g/mol. The van der Waals surface area contributed by atoms with E-state index in [0.717, 1.165) is 0 Å². The van der Waals surface area contributed by atoms with Gasteiger partial charge in [0, 0.05) is 6.92 Å². The van der Waals surface area contributed by atoms with Gasteiger partial charge in [-0.1, -0.05) is 12.1 Å². The zero-order valence-electron chi connectivity index (χ0n) is 7.55. The Hall–Kier alpha value is -1.65. The van der Waals surface area contributed by atoms with Crippen molar-refractivity contribution >= 4 is 17.3 Å². The van der Waals surface area contributed by atoms with E-state index in [2.05, 4.69) is 0 Å². The van der Waals surface area contributed by atoms with Crippen LogP contribution in [0.5, 0.6) is 0 Å². The van der Waals surface area contributed by atoms with Gasteiger partial charge in [-0.2, -0.15) is 8.78 Å². The maximum absolute atomic E-state index is 12.5. The summed E-state index contributed by atoms with van der Waals surface area (Å²) in [6.45, 7) is 0.529. The molecule has 0 bridgehead atoms. The fourth-order valence-electron chi connectivity index (χ4n) is 0.843. The first-order chi connectivity index (χ1) is 6.41. The molecular formula is C9H10F2N2O. The summed E-state index contributed by atoms with van der Waals surface area (Å²) in [5.41, 5.74) is 5.90. The Morgan fingerprint density at radius 1 is 1.43 bits per heavy atom. The van der Waals surface area contributed by atoms with Crippen LogP contribution in [-0.2, 0) is 4.79 Å². The molecule has 0 atom stereocenters. The summed E-state index contributed by atoms with van der Waals surface area (Å²) >= 11 is 0. The SMILES string of the molecule is CC(F)(F)C(=O)Nc1ccccc1N. The zero-order valence-corrected chi connectivity index (χ0v) is 7.55. The van der Waals surface area contributed by atoms with Gasteiger partial charge in [-0.15, -0.1) is 0 Å². The van der Waals surface area contributed by atoms with Gasteiger partial charge in [0.05, 0.1) is 11.4 Å². The van der Waals surface area contributed by atoms with Crippen LogP contribution in [0.3, 0.4) is 0 Å². The Bertz CT molecular complexity index is 347. The highest BCUT2D eigenvalue weighted by Crippen LogP contribution is 2.20. The predicted molar refractivity (Wildman–Crippen MR) is 50.1 cm³/mol. The van der Waals surface area contributed by atoms with Crippen molar-refractivity contribution < 1.29 is 13.6 Å². The molecule has 0 aliphatic carbocycles. The molecular weight excluding hydrogens is 190 g/mol. The van der Waals surface area contributed by atoms with Gasteiger partial charge < -0.3 is 11.1 Å². The molecule has 3 N–H and O–H groups in total. The molecule has 0 heterocycles. The second-order valence-electron chi connectivity index (χ2n) is 2.93. The van der Waals surface area contributed by atoms with Gasteiger partial charge in [-0.25, -0.2) is 0 Å². The average Bonchev–Trinajstić information content (AvgIpc) is 2.07. The molecule has 1 aromatic carbocycles. The lowest BCUT2D eigenvalue weighted by Gasteiger charge is -2.11. The maximum atomic E-state index is 12.5. The largest absolute Gasteiger partial charge is 0.397 e. The summed E-state index contributed by atoms with van der Waals surface area (Å²) < 4.78 is 25.0. The predicted octanol–water partition coefficient (Wildman–Crippen LogP) is 1.86. The van der Waals surface area contributed by atoms with Crippen molar-refractivity contribution in [3.05, 3.63) is 24.3 Å². The molecule has 0 fully saturated rings. The minimum Gasteiger partial charge on any atom is -0.397 e. The second kappa shape index (κ2) is 3.61. The van der Waals surface area contributed by atoms with Crippen molar-refractivity contribution in [1.82, 2.24) is 0 Å². The van der Waals surface area contributed by atoms with Crippen LogP contribution in [0.2, 0.25) is 0 Å². The van der Waals surface area contributed by atoms with Crippen LogP contribution >= 0.6 is 0 Å². The van der Waals surface area contributed by atoms with Gasteiger partial charge in [-0.05, 0) is 12.1 Å². The number of hydrogen-bond acceptors (Lipinski definition) is 2. The smallest absolute Gasteiger partial charge is 0.322 e. The third kappa shape index (κ3) is 2.42. The minimum atomic E-state index is -3.40. The van der Waals surface area contributed by atoms with E-state index >= 15 is 0 Å². The summed E-state index contributed by atoms with van der Waals surface area (Å²) in [6.07, 6.45) is 0. The monoisotopic (exact) mass is 200 g/mol. The summed E-state index contributed by atoms with van der Waals surface area (Å²) in [7, 11) is 0. The summed E-state index contributed by atoms with van der Waals surface area (Å²) in [5, 5.41) is 2.04. The van der Waals surface area contributed by atoms with E-state index in [-0.39, 0.29) is 11.4 Å². The fraction of sp³-hybridized carbons (Fsp3) is 0.222. The van der Waals surface area contributed by atoms with Crippen molar-refractivity contribution in [2.75, 3.05) is 11.1 Å². The van der Waals surface area contributed by atoms with Crippen molar-refractivity contribution in [3.63, 3.8) is 0 Å². The molecule has 1 rings (SSSR count). The Labute approximate surface area is 79.9 Å². The van der Waals surface area contributed by atoms with E-state index in [0.29, 0.717) is 6.92 Å². The summed E-state index contributed by atoms with van der Waals surface area (Å²) in [6, 6.07) is 6.22. The Morgan fingerprint density at radius 3 is 2.50 bits per heavy atom. The lowest BCUT2D eigenvalue weighted by Crippen LogP contribution is -2.31. The molecule has 0 saturated carbocycles. The third-order valence-corrected chi connectivity index (χ3v) is 1.61. The Balaban J connectivity index is 2.80. The van der Waals surface area contributed by atoms with E-state index in [1.807, 2.05) is 5.32 Å². The number of alkyl halides is 2. The molecule has 1 amide bonds. The first kappa shape index (κ1) is 10.4. The summed E-state index contributed by atoms with van der Waals surface area (Å²) in [5.74, 6) is -4.77. The summed E-state index contributed by atoms with van der Waals surface area (Å²) in [4.78, 5) is 10.9. The topological polar surface area (TPSA) is 55.1 Å². The lowest BCUT2D eigenvalue weighted by atomic mass is 10.2. The first-order valence-corrected chi connectivity index (χ1v) is 3.95. The molecule has 5 heteroatoms. The molecule has 14 heavy (non-hydrogen) atoms. The first-order valence-electron chi connectivity index (χ1n) is 3.95. The van der Waals surface area contributed by atoms with Crippen LogP contribution in [0, 0.1) is 0 Å². The Morgan fingerprint density at radius 2 is 2.00 bits per heavy atom. The van der Waals surface area contributed by atoms with E-state index in [4.69, 9.17) is 5.73 Å². The maximum Gasteiger partial charge on any atom is 0.322 e. The van der Waals surface area contributed by atoms with Crippen molar-refractivity contribution in [2.45, 2.75) is 12.8 Å². The number of nitrogens with two attached hydrogens (primary N) is 1. The number of amides is 1. The molecule has 3 nitrogen and oxygen atoms in total. The number of hydrogen-bond donors (Lipinski definition) is 2. The number of halogens is 2. The molecule has 0 aliphatic rings. The fourth-order valence-corrected chi connectivity index (χ4v) is 0.843. The molecule has 0 saturated heterocycles. The number of nitrogens with one attached hydrogen (secondary N) is 1. The lowest BCUT2D eigenvalue weighted by molar-refractivity contribution is -0.137. The highest BCUT2D eigenvalue weighted by molar-refractivity contribution is 5.97. The molecule has 76 valence electrons. The number of carbonyl (C=O) groups is 1. The standard InChI is InChI=1S/C9H10F2N2O/c1-9(10,11)8(14)13-7-5-3-2-4-6(7)12/h2-5H,12H2,1H3,(H,13,14). The highest BCUT2D eigenvalue weighted by atomic mass is 19.3. The minimum absolute atomic E-state index is 0.194. The third-order valence-electron chi connectivity index (χ3n) is 1.61. The van der Waals surface area contributed by atoms with E-state index < -0.39 is 11.8 Å². The van der Waals surface area contributed by atoms with Crippen LogP contribution in [0.1, 0.15) is 6.92 Å². The number of rotatable bonds is 2. The zero-order chi connectivity index (χ0) is 10.8. The number of anilines is 2. The van der Waals surface area contributed by atoms with Gasteiger partial charge >= 0.3 is 5.92 Å².